The molecule has 1 fully saturated rings. The van der Waals surface area contributed by atoms with Crippen LogP contribution in [0.5, 0.6) is 0 Å². The monoisotopic (exact) mass is 297 g/mol. The van der Waals surface area contributed by atoms with Crippen molar-refractivity contribution in [1.29, 1.82) is 0 Å². The van der Waals surface area contributed by atoms with Gasteiger partial charge in [0.2, 0.25) is 0 Å². The SMILES string of the molecule is Cc1cc(N2CCN(C)CC2)ncc1C(O)c1ccccc1. The maximum absolute atomic E-state index is 10.5. The predicted molar refractivity (Wildman–Crippen MR) is 89.2 cm³/mol. The zero-order valence-electron chi connectivity index (χ0n) is 13.2. The molecule has 1 saturated heterocycles. The Morgan fingerprint density at radius 1 is 1.09 bits per heavy atom. The molecular weight excluding hydrogens is 274 g/mol. The molecule has 22 heavy (non-hydrogen) atoms. The lowest BCUT2D eigenvalue weighted by molar-refractivity contribution is 0.219. The number of likely N-dealkylation sites (N-methyl/N-ethyl adjacent to an activating group) is 1. The number of benzene rings is 1. The van der Waals surface area contributed by atoms with E-state index in [2.05, 4.69) is 27.9 Å². The summed E-state index contributed by atoms with van der Waals surface area (Å²) in [6, 6.07) is 11.8. The molecule has 1 aromatic carbocycles. The van der Waals surface area contributed by atoms with E-state index < -0.39 is 6.10 Å². The van der Waals surface area contributed by atoms with Gasteiger partial charge < -0.3 is 14.9 Å². The molecular formula is C18H23N3O. The van der Waals surface area contributed by atoms with Gasteiger partial charge in [-0.2, -0.15) is 0 Å². The van der Waals surface area contributed by atoms with E-state index in [1.54, 1.807) is 0 Å². The number of rotatable bonds is 3. The molecule has 0 aliphatic carbocycles. The minimum atomic E-state index is -0.616. The van der Waals surface area contributed by atoms with Crippen LogP contribution in [-0.4, -0.2) is 48.2 Å². The molecule has 1 unspecified atom stereocenters. The van der Waals surface area contributed by atoms with Gasteiger partial charge in [0, 0.05) is 37.9 Å². The molecule has 0 radical (unpaired) electrons. The van der Waals surface area contributed by atoms with Gasteiger partial charge in [0.05, 0.1) is 0 Å². The molecule has 2 aromatic rings. The van der Waals surface area contributed by atoms with Gasteiger partial charge in [0.1, 0.15) is 11.9 Å². The smallest absolute Gasteiger partial charge is 0.128 e. The number of aliphatic hydroxyl groups is 1. The Bertz CT molecular complexity index is 621. The third-order valence-corrected chi connectivity index (χ3v) is 4.37. The number of hydrogen-bond donors (Lipinski definition) is 1. The van der Waals surface area contributed by atoms with Crippen molar-refractivity contribution in [1.82, 2.24) is 9.88 Å². The zero-order valence-corrected chi connectivity index (χ0v) is 13.2. The van der Waals surface area contributed by atoms with Gasteiger partial charge >= 0.3 is 0 Å². The summed E-state index contributed by atoms with van der Waals surface area (Å²) in [6.45, 7) is 6.18. The van der Waals surface area contributed by atoms with Crippen molar-refractivity contribution in [2.75, 3.05) is 38.1 Å². The Balaban J connectivity index is 1.80. The van der Waals surface area contributed by atoms with Gasteiger partial charge in [-0.05, 0) is 31.2 Å². The van der Waals surface area contributed by atoms with E-state index in [1.807, 2.05) is 43.5 Å². The maximum atomic E-state index is 10.5. The summed E-state index contributed by atoms with van der Waals surface area (Å²) in [5, 5.41) is 10.5. The first-order valence-electron chi connectivity index (χ1n) is 7.78. The molecule has 0 spiro atoms. The number of aromatic nitrogens is 1. The highest BCUT2D eigenvalue weighted by atomic mass is 16.3. The van der Waals surface area contributed by atoms with Crippen LogP contribution in [0.1, 0.15) is 22.8 Å². The van der Waals surface area contributed by atoms with E-state index in [1.165, 1.54) is 0 Å². The molecule has 1 aliphatic heterocycles. The lowest BCUT2D eigenvalue weighted by atomic mass is 9.99. The molecule has 1 atom stereocenters. The fraction of sp³-hybridized carbons (Fsp3) is 0.389. The minimum Gasteiger partial charge on any atom is -0.384 e. The maximum Gasteiger partial charge on any atom is 0.128 e. The van der Waals surface area contributed by atoms with Crippen LogP contribution in [0.15, 0.2) is 42.6 Å². The first-order valence-corrected chi connectivity index (χ1v) is 7.78. The number of hydrogen-bond acceptors (Lipinski definition) is 4. The number of piperazine rings is 1. The van der Waals surface area contributed by atoms with Crippen LogP contribution >= 0.6 is 0 Å². The van der Waals surface area contributed by atoms with Crippen LogP contribution in [-0.2, 0) is 0 Å². The lowest BCUT2D eigenvalue weighted by Gasteiger charge is -2.33. The van der Waals surface area contributed by atoms with Gasteiger partial charge in [-0.3, -0.25) is 0 Å². The second-order valence-corrected chi connectivity index (χ2v) is 6.00. The molecule has 0 amide bonds. The summed E-state index contributed by atoms with van der Waals surface area (Å²) in [4.78, 5) is 9.22. The highest BCUT2D eigenvalue weighted by molar-refractivity contribution is 5.46. The van der Waals surface area contributed by atoms with Crippen molar-refractivity contribution in [2.45, 2.75) is 13.0 Å². The van der Waals surface area contributed by atoms with E-state index in [-0.39, 0.29) is 0 Å². The van der Waals surface area contributed by atoms with Crippen molar-refractivity contribution in [3.05, 3.63) is 59.3 Å². The van der Waals surface area contributed by atoms with Gasteiger partial charge in [0.25, 0.3) is 0 Å². The summed E-state index contributed by atoms with van der Waals surface area (Å²) < 4.78 is 0. The van der Waals surface area contributed by atoms with Crippen LogP contribution in [0.4, 0.5) is 5.82 Å². The van der Waals surface area contributed by atoms with E-state index in [0.29, 0.717) is 0 Å². The molecule has 2 heterocycles. The van der Waals surface area contributed by atoms with Crippen LogP contribution < -0.4 is 4.90 Å². The van der Waals surface area contributed by atoms with E-state index in [0.717, 1.165) is 48.7 Å². The van der Waals surface area contributed by atoms with Gasteiger partial charge in [0.15, 0.2) is 0 Å². The number of anilines is 1. The van der Waals surface area contributed by atoms with Crippen LogP contribution in [0.3, 0.4) is 0 Å². The molecule has 1 N–H and O–H groups in total. The molecule has 3 rings (SSSR count). The Hall–Kier alpha value is -1.91. The fourth-order valence-electron chi connectivity index (χ4n) is 2.86. The Morgan fingerprint density at radius 3 is 2.41 bits per heavy atom. The second-order valence-electron chi connectivity index (χ2n) is 6.00. The molecule has 1 aliphatic rings. The Kier molecular flexibility index (Phi) is 4.41. The van der Waals surface area contributed by atoms with Crippen LogP contribution in [0, 0.1) is 6.92 Å². The topological polar surface area (TPSA) is 39.6 Å². The van der Waals surface area contributed by atoms with E-state index in [9.17, 15) is 5.11 Å². The summed E-state index contributed by atoms with van der Waals surface area (Å²) in [6.07, 6.45) is 1.20. The summed E-state index contributed by atoms with van der Waals surface area (Å²) >= 11 is 0. The minimum absolute atomic E-state index is 0.616. The first-order chi connectivity index (χ1) is 10.6. The highest BCUT2D eigenvalue weighted by Crippen LogP contribution is 2.26. The van der Waals surface area contributed by atoms with Crippen LogP contribution in [0.25, 0.3) is 0 Å². The third-order valence-electron chi connectivity index (χ3n) is 4.37. The molecule has 4 nitrogen and oxygen atoms in total. The molecule has 116 valence electrons. The standard InChI is InChI=1S/C18H23N3O/c1-14-12-17(21-10-8-20(2)9-11-21)19-13-16(14)18(22)15-6-4-3-5-7-15/h3-7,12-13,18,22H,8-11H2,1-2H3. The van der Waals surface area contributed by atoms with Crippen LogP contribution in [0.2, 0.25) is 0 Å². The molecule has 4 heteroatoms. The number of aryl methyl sites for hydroxylation is 1. The van der Waals surface area contributed by atoms with Gasteiger partial charge in [-0.1, -0.05) is 30.3 Å². The number of aliphatic hydroxyl groups excluding tert-OH is 1. The summed E-state index contributed by atoms with van der Waals surface area (Å²) in [5.74, 6) is 1.01. The summed E-state index contributed by atoms with van der Waals surface area (Å²) in [7, 11) is 2.15. The normalized spacial score (nSPS) is 17.5. The Morgan fingerprint density at radius 2 is 1.77 bits per heavy atom. The molecule has 0 saturated carbocycles. The van der Waals surface area contributed by atoms with Crippen molar-refractivity contribution in [3.63, 3.8) is 0 Å². The van der Waals surface area contributed by atoms with E-state index >= 15 is 0 Å². The number of pyridine rings is 1. The molecule has 0 bridgehead atoms. The van der Waals surface area contributed by atoms with Crippen molar-refractivity contribution < 1.29 is 5.11 Å². The average Bonchev–Trinajstić information content (AvgIpc) is 2.56. The quantitative estimate of drug-likeness (QED) is 0.943. The number of nitrogens with zero attached hydrogens (tertiary/aromatic N) is 3. The van der Waals surface area contributed by atoms with Crippen molar-refractivity contribution in [2.24, 2.45) is 0 Å². The predicted octanol–water partition coefficient (Wildman–Crippen LogP) is 2.22. The van der Waals surface area contributed by atoms with E-state index in [4.69, 9.17) is 0 Å². The largest absolute Gasteiger partial charge is 0.384 e. The first kappa shape index (κ1) is 15.0. The third kappa shape index (κ3) is 3.13. The van der Waals surface area contributed by atoms with Crippen molar-refractivity contribution >= 4 is 5.82 Å². The average molecular weight is 297 g/mol. The highest BCUT2D eigenvalue weighted by Gasteiger charge is 2.18. The van der Waals surface area contributed by atoms with Gasteiger partial charge in [-0.25, -0.2) is 4.98 Å². The fourth-order valence-corrected chi connectivity index (χ4v) is 2.86. The lowest BCUT2D eigenvalue weighted by Crippen LogP contribution is -2.44. The van der Waals surface area contributed by atoms with Gasteiger partial charge in [-0.15, -0.1) is 0 Å². The zero-order chi connectivity index (χ0) is 15.5. The van der Waals surface area contributed by atoms with Crippen molar-refractivity contribution in [3.8, 4) is 0 Å². The second kappa shape index (κ2) is 6.46. The Labute approximate surface area is 132 Å². The molecule has 1 aromatic heterocycles. The summed E-state index contributed by atoms with van der Waals surface area (Å²) in [5.41, 5.74) is 2.86.